The summed E-state index contributed by atoms with van der Waals surface area (Å²) in [7, 11) is 1.55. The molecule has 0 fully saturated rings. The average Bonchev–Trinajstić information content (AvgIpc) is 2.56. The fraction of sp³-hybridized carbons (Fsp3) is 0.444. The number of carbonyl (C=O) groups is 1. The van der Waals surface area contributed by atoms with E-state index in [2.05, 4.69) is 11.9 Å². The highest BCUT2D eigenvalue weighted by atomic mass is 16.5. The topological polar surface area (TPSA) is 68.1 Å². The second kappa shape index (κ2) is 10.4. The van der Waals surface area contributed by atoms with Gasteiger partial charge in [0.25, 0.3) is 0 Å². The minimum absolute atomic E-state index is 0.00977. The van der Waals surface area contributed by atoms with Crippen molar-refractivity contribution in [2.75, 3.05) is 13.7 Å². The van der Waals surface area contributed by atoms with Crippen molar-refractivity contribution in [2.24, 2.45) is 4.99 Å². The van der Waals surface area contributed by atoms with Crippen molar-refractivity contribution < 1.29 is 19.4 Å². The van der Waals surface area contributed by atoms with Crippen molar-refractivity contribution in [2.45, 2.75) is 39.5 Å². The van der Waals surface area contributed by atoms with Crippen LogP contribution >= 0.6 is 0 Å². The molecule has 5 heteroatoms. The summed E-state index contributed by atoms with van der Waals surface area (Å²) in [6.45, 7) is 4.05. The molecular weight excluding hydrogens is 294 g/mol. The number of benzene rings is 1. The van der Waals surface area contributed by atoms with Crippen molar-refractivity contribution in [1.82, 2.24) is 0 Å². The molecule has 5 nitrogen and oxygen atoms in total. The second-order valence-corrected chi connectivity index (χ2v) is 4.97. The van der Waals surface area contributed by atoms with Crippen molar-refractivity contribution in [1.29, 1.82) is 0 Å². The molecule has 1 rings (SSSR count). The molecule has 1 aromatic rings. The molecule has 0 aromatic heterocycles. The van der Waals surface area contributed by atoms with E-state index in [0.717, 1.165) is 19.3 Å². The Morgan fingerprint density at radius 3 is 2.65 bits per heavy atom. The zero-order valence-electron chi connectivity index (χ0n) is 14.0. The lowest BCUT2D eigenvalue weighted by Crippen LogP contribution is -2.11. The van der Waals surface area contributed by atoms with Crippen molar-refractivity contribution >= 4 is 17.9 Å². The quantitative estimate of drug-likeness (QED) is 0.241. The molecule has 0 unspecified atom stereocenters. The van der Waals surface area contributed by atoms with Gasteiger partial charge in [-0.15, -0.1) is 0 Å². The summed E-state index contributed by atoms with van der Waals surface area (Å²) >= 11 is 0. The first-order valence-electron chi connectivity index (χ1n) is 7.90. The maximum absolute atomic E-state index is 12.0. The maximum atomic E-state index is 12.0. The molecule has 0 spiro atoms. The molecule has 1 N–H and O–H groups in total. The minimum atomic E-state index is -0.569. The highest BCUT2D eigenvalue weighted by Gasteiger charge is 2.14. The molecule has 1 aromatic carbocycles. The van der Waals surface area contributed by atoms with Gasteiger partial charge in [0.05, 0.1) is 13.7 Å². The fourth-order valence-corrected chi connectivity index (χ4v) is 2.00. The zero-order chi connectivity index (χ0) is 17.1. The van der Waals surface area contributed by atoms with Crippen molar-refractivity contribution in [3.05, 3.63) is 35.6 Å². The lowest BCUT2D eigenvalue weighted by molar-refractivity contribution is -0.138. The number of aliphatic imine (C=N–C) groups is 1. The van der Waals surface area contributed by atoms with E-state index in [0.29, 0.717) is 17.9 Å². The Morgan fingerprint density at radius 1 is 1.26 bits per heavy atom. The molecule has 0 atom stereocenters. The average molecular weight is 319 g/mol. The van der Waals surface area contributed by atoms with Gasteiger partial charge in [-0.3, -0.25) is 4.99 Å². The lowest BCUT2D eigenvalue weighted by Gasteiger charge is -2.07. The summed E-state index contributed by atoms with van der Waals surface area (Å²) in [6.07, 6.45) is 4.62. The Morgan fingerprint density at radius 2 is 2.00 bits per heavy atom. The van der Waals surface area contributed by atoms with Crippen LogP contribution in [0.3, 0.4) is 0 Å². The van der Waals surface area contributed by atoms with Crippen LogP contribution in [0.4, 0.5) is 5.69 Å². The number of methoxy groups -OCH3 is 1. The standard InChI is InChI=1S/C18H25NO4/c1-4-6-7-11-16(20)14(18(21)23-5-2)13-19-15-10-8-9-12-17(15)22-3/h8-10,12-13,20H,4-7,11H2,1-3H3. The van der Waals surface area contributed by atoms with Gasteiger partial charge in [0.1, 0.15) is 22.8 Å². The number of hydrogen-bond donors (Lipinski definition) is 1. The third-order valence-electron chi connectivity index (χ3n) is 3.24. The number of para-hydroxylation sites is 2. The Balaban J connectivity index is 3.02. The third-order valence-corrected chi connectivity index (χ3v) is 3.24. The molecule has 0 aliphatic carbocycles. The van der Waals surface area contributed by atoms with Crippen LogP contribution in [-0.2, 0) is 9.53 Å². The number of carbonyl (C=O) groups excluding carboxylic acids is 1. The summed E-state index contributed by atoms with van der Waals surface area (Å²) in [5, 5.41) is 10.2. The van der Waals surface area contributed by atoms with Crippen LogP contribution in [-0.4, -0.2) is 31.0 Å². The molecule has 0 saturated carbocycles. The smallest absolute Gasteiger partial charge is 0.343 e. The van der Waals surface area contributed by atoms with Crippen LogP contribution < -0.4 is 4.74 Å². The number of unbranched alkanes of at least 4 members (excludes halogenated alkanes) is 2. The largest absolute Gasteiger partial charge is 0.511 e. The monoisotopic (exact) mass is 319 g/mol. The highest BCUT2D eigenvalue weighted by Crippen LogP contribution is 2.26. The van der Waals surface area contributed by atoms with E-state index in [-0.39, 0.29) is 17.9 Å². The van der Waals surface area contributed by atoms with Crippen molar-refractivity contribution in [3.8, 4) is 5.75 Å². The molecule has 0 aliphatic rings. The van der Waals surface area contributed by atoms with Crippen molar-refractivity contribution in [3.63, 3.8) is 0 Å². The van der Waals surface area contributed by atoms with Crippen LogP contribution in [0.1, 0.15) is 39.5 Å². The molecule has 0 radical (unpaired) electrons. The van der Waals surface area contributed by atoms with Gasteiger partial charge in [0.15, 0.2) is 0 Å². The van der Waals surface area contributed by atoms with Crippen LogP contribution in [0.25, 0.3) is 0 Å². The predicted molar refractivity (Wildman–Crippen MR) is 91.6 cm³/mol. The zero-order valence-corrected chi connectivity index (χ0v) is 14.0. The van der Waals surface area contributed by atoms with E-state index >= 15 is 0 Å². The first-order valence-corrected chi connectivity index (χ1v) is 7.90. The van der Waals surface area contributed by atoms with E-state index in [9.17, 15) is 9.90 Å². The molecule has 126 valence electrons. The normalized spacial score (nSPS) is 12.1. The molecule has 23 heavy (non-hydrogen) atoms. The Kier molecular flexibility index (Phi) is 8.50. The number of aliphatic hydroxyl groups excluding tert-OH is 1. The van der Waals surface area contributed by atoms with Gasteiger partial charge in [-0.25, -0.2) is 4.79 Å². The Labute approximate surface area is 137 Å². The van der Waals surface area contributed by atoms with Gasteiger partial charge in [-0.05, 0) is 25.5 Å². The van der Waals surface area contributed by atoms with Crippen LogP contribution in [0.2, 0.25) is 0 Å². The van der Waals surface area contributed by atoms with Crippen LogP contribution in [0.15, 0.2) is 40.6 Å². The Bertz CT molecular complexity index is 564. The summed E-state index contributed by atoms with van der Waals surface area (Å²) < 4.78 is 10.2. The predicted octanol–water partition coefficient (Wildman–Crippen LogP) is 4.35. The molecule has 0 saturated heterocycles. The summed E-state index contributed by atoms with van der Waals surface area (Å²) in [5.41, 5.74) is 0.673. The molecule has 0 bridgehead atoms. The summed E-state index contributed by atoms with van der Waals surface area (Å²) in [4.78, 5) is 16.3. The maximum Gasteiger partial charge on any atom is 0.343 e. The first kappa shape index (κ1) is 18.7. The van der Waals surface area contributed by atoms with E-state index in [1.54, 1.807) is 26.2 Å². The number of ether oxygens (including phenoxy) is 2. The number of hydrogen-bond acceptors (Lipinski definition) is 5. The minimum Gasteiger partial charge on any atom is -0.511 e. The van der Waals surface area contributed by atoms with Crippen LogP contribution in [0.5, 0.6) is 5.75 Å². The molecule has 0 amide bonds. The van der Waals surface area contributed by atoms with E-state index in [4.69, 9.17) is 9.47 Å². The lowest BCUT2D eigenvalue weighted by atomic mass is 10.1. The second-order valence-electron chi connectivity index (χ2n) is 4.97. The first-order chi connectivity index (χ1) is 11.1. The van der Waals surface area contributed by atoms with Gasteiger partial charge in [-0.1, -0.05) is 31.9 Å². The highest BCUT2D eigenvalue weighted by molar-refractivity contribution is 6.10. The third kappa shape index (κ3) is 6.14. The fourth-order valence-electron chi connectivity index (χ4n) is 2.00. The van der Waals surface area contributed by atoms with E-state index < -0.39 is 5.97 Å². The number of aliphatic hydroxyl groups is 1. The molecule has 0 aliphatic heterocycles. The Hall–Kier alpha value is -2.30. The summed E-state index contributed by atoms with van der Waals surface area (Å²) in [6, 6.07) is 7.21. The van der Waals surface area contributed by atoms with Gasteiger partial charge in [-0.2, -0.15) is 0 Å². The van der Waals surface area contributed by atoms with Gasteiger partial charge in [0.2, 0.25) is 0 Å². The number of allylic oxidation sites excluding steroid dienone is 1. The van der Waals surface area contributed by atoms with Gasteiger partial charge >= 0.3 is 5.97 Å². The number of rotatable bonds is 9. The SMILES string of the molecule is CCCCCC(O)=C(C=Nc1ccccc1OC)C(=O)OCC. The van der Waals surface area contributed by atoms with E-state index in [1.807, 2.05) is 12.1 Å². The molecular formula is C18H25NO4. The summed E-state index contributed by atoms with van der Waals surface area (Å²) in [5.74, 6) is 0.0353. The number of nitrogens with zero attached hydrogens (tertiary/aromatic N) is 1. The number of esters is 1. The molecule has 0 heterocycles. The van der Waals surface area contributed by atoms with Gasteiger partial charge < -0.3 is 14.6 Å². The van der Waals surface area contributed by atoms with E-state index in [1.165, 1.54) is 6.21 Å². The van der Waals surface area contributed by atoms with Gasteiger partial charge in [0, 0.05) is 12.6 Å². The van der Waals surface area contributed by atoms with Crippen LogP contribution in [0, 0.1) is 0 Å².